The summed E-state index contributed by atoms with van der Waals surface area (Å²) in [6.07, 6.45) is 0.939. The Morgan fingerprint density at radius 3 is 2.83 bits per heavy atom. The van der Waals surface area contributed by atoms with Gasteiger partial charge >= 0.3 is 5.97 Å². The number of H-pyrrole nitrogens is 1. The van der Waals surface area contributed by atoms with Crippen LogP contribution in [-0.2, 0) is 16.0 Å². The van der Waals surface area contributed by atoms with E-state index in [-0.39, 0.29) is 18.7 Å². The summed E-state index contributed by atoms with van der Waals surface area (Å²) in [7, 11) is 1.47. The van der Waals surface area contributed by atoms with E-state index in [4.69, 9.17) is 9.84 Å². The molecule has 0 aliphatic rings. The van der Waals surface area contributed by atoms with Gasteiger partial charge in [0.2, 0.25) is 0 Å². The summed E-state index contributed by atoms with van der Waals surface area (Å²) in [6.45, 7) is 2.19. The molecule has 0 aromatic carbocycles. The molecule has 7 heteroatoms. The molecule has 1 amide bonds. The predicted molar refractivity (Wildman–Crippen MR) is 63.3 cm³/mol. The van der Waals surface area contributed by atoms with Crippen LogP contribution in [0.3, 0.4) is 0 Å². The molecule has 0 saturated heterocycles. The van der Waals surface area contributed by atoms with E-state index in [0.717, 1.165) is 12.1 Å². The lowest BCUT2D eigenvalue weighted by atomic mass is 10.2. The van der Waals surface area contributed by atoms with Crippen molar-refractivity contribution in [3.8, 4) is 0 Å². The van der Waals surface area contributed by atoms with Crippen molar-refractivity contribution in [3.63, 3.8) is 0 Å². The Labute approximate surface area is 105 Å². The second-order valence-corrected chi connectivity index (χ2v) is 3.78. The summed E-state index contributed by atoms with van der Waals surface area (Å²) in [5, 5.41) is 17.9. The number of rotatable bonds is 7. The molecule has 0 aliphatic carbocycles. The van der Waals surface area contributed by atoms with Crippen LogP contribution in [0.5, 0.6) is 0 Å². The highest BCUT2D eigenvalue weighted by atomic mass is 16.5. The van der Waals surface area contributed by atoms with Crippen molar-refractivity contribution in [3.05, 3.63) is 17.5 Å². The summed E-state index contributed by atoms with van der Waals surface area (Å²) in [5.74, 6) is -1.60. The molecule has 1 rings (SSSR count). The minimum atomic E-state index is -1.09. The predicted octanol–water partition coefficient (Wildman–Crippen LogP) is 0.192. The molecule has 0 fully saturated rings. The Morgan fingerprint density at radius 1 is 1.61 bits per heavy atom. The first-order chi connectivity index (χ1) is 8.58. The molecule has 100 valence electrons. The number of carboxylic acid groups (broad SMARTS) is 1. The molecule has 3 N–H and O–H groups in total. The topological polar surface area (TPSA) is 104 Å². The van der Waals surface area contributed by atoms with E-state index in [1.54, 1.807) is 6.07 Å². The largest absolute Gasteiger partial charge is 0.480 e. The van der Waals surface area contributed by atoms with Crippen LogP contribution in [-0.4, -0.2) is 46.9 Å². The highest BCUT2D eigenvalue weighted by Crippen LogP contribution is 2.02. The number of hydrogen-bond acceptors (Lipinski definition) is 4. The standard InChI is InChI=1S/C11H17N3O4/c1-3-7-6-9(14-13-7)10(15)12-8(11(16)17)4-5-18-2/h6,8H,3-5H2,1-2H3,(H,12,15)(H,13,14)(H,16,17). The quantitative estimate of drug-likeness (QED) is 0.645. The summed E-state index contributed by atoms with van der Waals surface area (Å²) in [6, 6.07) is 0.629. The Balaban J connectivity index is 2.62. The van der Waals surface area contributed by atoms with Crippen molar-refractivity contribution in [2.45, 2.75) is 25.8 Å². The number of aryl methyl sites for hydroxylation is 1. The third-order valence-corrected chi connectivity index (χ3v) is 2.46. The van der Waals surface area contributed by atoms with Gasteiger partial charge < -0.3 is 15.2 Å². The van der Waals surface area contributed by atoms with Crippen LogP contribution < -0.4 is 5.32 Å². The highest BCUT2D eigenvalue weighted by molar-refractivity contribution is 5.95. The van der Waals surface area contributed by atoms with Crippen molar-refractivity contribution in [1.82, 2.24) is 15.5 Å². The number of nitrogens with zero attached hydrogens (tertiary/aromatic N) is 1. The fourth-order valence-corrected chi connectivity index (χ4v) is 1.38. The molecule has 0 saturated carbocycles. The van der Waals surface area contributed by atoms with E-state index >= 15 is 0 Å². The zero-order valence-corrected chi connectivity index (χ0v) is 10.4. The van der Waals surface area contributed by atoms with Gasteiger partial charge in [-0.3, -0.25) is 9.89 Å². The number of ether oxygens (including phenoxy) is 1. The van der Waals surface area contributed by atoms with Gasteiger partial charge in [-0.1, -0.05) is 6.92 Å². The fraction of sp³-hybridized carbons (Fsp3) is 0.545. The molecule has 1 heterocycles. The molecule has 0 bridgehead atoms. The molecule has 18 heavy (non-hydrogen) atoms. The van der Waals surface area contributed by atoms with Crippen LogP contribution in [0.2, 0.25) is 0 Å². The number of carbonyl (C=O) groups excluding carboxylic acids is 1. The Morgan fingerprint density at radius 2 is 2.33 bits per heavy atom. The lowest BCUT2D eigenvalue weighted by molar-refractivity contribution is -0.139. The SMILES string of the molecule is CCc1cc(C(=O)NC(CCOC)C(=O)O)n[nH]1. The summed E-state index contributed by atoms with van der Waals surface area (Å²) in [5.41, 5.74) is 1.01. The maximum Gasteiger partial charge on any atom is 0.326 e. The number of aromatic nitrogens is 2. The molecular weight excluding hydrogens is 238 g/mol. The zero-order valence-electron chi connectivity index (χ0n) is 10.4. The van der Waals surface area contributed by atoms with E-state index in [0.29, 0.717) is 0 Å². The minimum Gasteiger partial charge on any atom is -0.480 e. The molecular formula is C11H17N3O4. The number of carbonyl (C=O) groups is 2. The van der Waals surface area contributed by atoms with E-state index < -0.39 is 17.9 Å². The third-order valence-electron chi connectivity index (χ3n) is 2.46. The monoisotopic (exact) mass is 255 g/mol. The molecule has 0 spiro atoms. The summed E-state index contributed by atoms with van der Waals surface area (Å²) < 4.78 is 4.79. The molecule has 1 unspecified atom stereocenters. The van der Waals surface area contributed by atoms with Crippen LogP contribution in [0, 0.1) is 0 Å². The number of carboxylic acids is 1. The highest BCUT2D eigenvalue weighted by Gasteiger charge is 2.21. The van der Waals surface area contributed by atoms with Crippen LogP contribution in [0.1, 0.15) is 29.5 Å². The van der Waals surface area contributed by atoms with Gasteiger partial charge in [0.15, 0.2) is 0 Å². The molecule has 1 atom stereocenters. The van der Waals surface area contributed by atoms with Crippen LogP contribution in [0.15, 0.2) is 6.07 Å². The van der Waals surface area contributed by atoms with Crippen LogP contribution >= 0.6 is 0 Å². The van der Waals surface area contributed by atoms with Gasteiger partial charge in [0.25, 0.3) is 5.91 Å². The molecule has 1 aromatic heterocycles. The number of methoxy groups -OCH3 is 1. The molecule has 1 aromatic rings. The van der Waals surface area contributed by atoms with Gasteiger partial charge in [0.1, 0.15) is 11.7 Å². The van der Waals surface area contributed by atoms with Crippen LogP contribution in [0.25, 0.3) is 0 Å². The first-order valence-electron chi connectivity index (χ1n) is 5.65. The van der Waals surface area contributed by atoms with E-state index in [2.05, 4.69) is 15.5 Å². The van der Waals surface area contributed by atoms with Crippen molar-refractivity contribution >= 4 is 11.9 Å². The smallest absolute Gasteiger partial charge is 0.326 e. The number of nitrogens with one attached hydrogen (secondary N) is 2. The average Bonchev–Trinajstić information content (AvgIpc) is 2.82. The number of hydrogen-bond donors (Lipinski definition) is 3. The second kappa shape index (κ2) is 6.75. The van der Waals surface area contributed by atoms with Crippen molar-refractivity contribution < 1.29 is 19.4 Å². The van der Waals surface area contributed by atoms with E-state index in [1.807, 2.05) is 6.92 Å². The van der Waals surface area contributed by atoms with Crippen molar-refractivity contribution in [2.75, 3.05) is 13.7 Å². The van der Waals surface area contributed by atoms with Gasteiger partial charge in [-0.25, -0.2) is 4.79 Å². The van der Waals surface area contributed by atoms with Gasteiger partial charge in [-0.05, 0) is 12.5 Å². The number of amides is 1. The maximum atomic E-state index is 11.8. The Hall–Kier alpha value is -1.89. The lowest BCUT2D eigenvalue weighted by Crippen LogP contribution is -2.41. The van der Waals surface area contributed by atoms with E-state index in [1.165, 1.54) is 7.11 Å². The molecule has 7 nitrogen and oxygen atoms in total. The summed E-state index contributed by atoms with van der Waals surface area (Å²) in [4.78, 5) is 22.7. The third kappa shape index (κ3) is 3.85. The zero-order chi connectivity index (χ0) is 13.5. The normalized spacial score (nSPS) is 12.1. The van der Waals surface area contributed by atoms with Gasteiger partial charge in [0, 0.05) is 25.8 Å². The fourth-order valence-electron chi connectivity index (χ4n) is 1.38. The maximum absolute atomic E-state index is 11.8. The minimum absolute atomic E-state index is 0.190. The van der Waals surface area contributed by atoms with E-state index in [9.17, 15) is 9.59 Å². The van der Waals surface area contributed by atoms with Crippen molar-refractivity contribution in [1.29, 1.82) is 0 Å². The first kappa shape index (κ1) is 14.2. The average molecular weight is 255 g/mol. The number of aromatic amines is 1. The number of aliphatic carboxylic acids is 1. The van der Waals surface area contributed by atoms with Gasteiger partial charge in [-0.15, -0.1) is 0 Å². The Bertz CT molecular complexity index is 416. The second-order valence-electron chi connectivity index (χ2n) is 3.78. The van der Waals surface area contributed by atoms with Gasteiger partial charge in [0.05, 0.1) is 0 Å². The molecule has 0 radical (unpaired) electrons. The summed E-state index contributed by atoms with van der Waals surface area (Å²) >= 11 is 0. The lowest BCUT2D eigenvalue weighted by Gasteiger charge is -2.12. The van der Waals surface area contributed by atoms with Crippen LogP contribution in [0.4, 0.5) is 0 Å². The van der Waals surface area contributed by atoms with Crippen molar-refractivity contribution in [2.24, 2.45) is 0 Å². The Kier molecular flexibility index (Phi) is 5.31. The molecule has 0 aliphatic heterocycles. The van der Waals surface area contributed by atoms with Gasteiger partial charge in [-0.2, -0.15) is 5.10 Å². The first-order valence-corrected chi connectivity index (χ1v) is 5.65.